The molecule has 1 fully saturated rings. The van der Waals surface area contributed by atoms with E-state index in [1.165, 1.54) is 0 Å². The van der Waals surface area contributed by atoms with Crippen molar-refractivity contribution < 1.29 is 14.2 Å². The number of fused-ring (bicyclic) bond motifs is 1. The molecule has 0 radical (unpaired) electrons. The highest BCUT2D eigenvalue weighted by molar-refractivity contribution is 6.31. The van der Waals surface area contributed by atoms with Gasteiger partial charge < -0.3 is 14.2 Å². The van der Waals surface area contributed by atoms with E-state index < -0.39 is 0 Å². The summed E-state index contributed by atoms with van der Waals surface area (Å²) in [5.74, 6) is 5.71. The molecule has 0 aliphatic heterocycles. The van der Waals surface area contributed by atoms with Crippen LogP contribution >= 0.6 is 11.6 Å². The van der Waals surface area contributed by atoms with Crippen LogP contribution in [0.1, 0.15) is 37.3 Å². The van der Waals surface area contributed by atoms with Crippen LogP contribution in [0.15, 0.2) is 42.5 Å². The van der Waals surface area contributed by atoms with Crippen LogP contribution in [0.5, 0.6) is 17.4 Å². The Morgan fingerprint density at radius 3 is 2.63 bits per heavy atom. The van der Waals surface area contributed by atoms with Gasteiger partial charge in [0.05, 0.1) is 18.2 Å². The molecule has 30 heavy (non-hydrogen) atoms. The van der Waals surface area contributed by atoms with Gasteiger partial charge in [-0.15, -0.1) is 0 Å². The molecule has 1 aliphatic rings. The van der Waals surface area contributed by atoms with Gasteiger partial charge in [-0.1, -0.05) is 43.0 Å². The van der Waals surface area contributed by atoms with Crippen molar-refractivity contribution in [2.75, 3.05) is 7.11 Å². The average Bonchev–Trinajstić information content (AvgIpc) is 3.59. The Hall–Kier alpha value is -2.90. The molecule has 4 rings (SSSR count). The van der Waals surface area contributed by atoms with Crippen molar-refractivity contribution in [1.29, 1.82) is 0 Å². The number of benzene rings is 2. The largest absolute Gasteiger partial charge is 0.497 e. The third kappa shape index (κ3) is 4.80. The first-order valence-electron chi connectivity index (χ1n) is 10.2. The van der Waals surface area contributed by atoms with E-state index in [1.807, 2.05) is 42.5 Å². The van der Waals surface area contributed by atoms with Gasteiger partial charge in [-0.25, -0.2) is 4.98 Å². The third-order valence-corrected chi connectivity index (χ3v) is 5.22. The van der Waals surface area contributed by atoms with Crippen LogP contribution in [-0.2, 0) is 13.0 Å². The van der Waals surface area contributed by atoms with Crippen LogP contribution in [0.3, 0.4) is 0 Å². The zero-order valence-electron chi connectivity index (χ0n) is 17.2. The highest BCUT2D eigenvalue weighted by Gasteiger charge is 2.20. The Bertz CT molecular complexity index is 1100. The molecule has 0 spiro atoms. The van der Waals surface area contributed by atoms with Gasteiger partial charge in [0.15, 0.2) is 5.75 Å². The van der Waals surface area contributed by atoms with Crippen molar-refractivity contribution in [2.24, 2.45) is 5.92 Å². The fourth-order valence-electron chi connectivity index (χ4n) is 3.20. The first-order valence-corrected chi connectivity index (χ1v) is 10.6. The fourth-order valence-corrected chi connectivity index (χ4v) is 3.37. The van der Waals surface area contributed by atoms with Crippen molar-refractivity contribution in [3.05, 3.63) is 58.6 Å². The second-order valence-corrected chi connectivity index (χ2v) is 7.83. The highest BCUT2D eigenvalue weighted by Crippen LogP contribution is 2.37. The van der Waals surface area contributed by atoms with Gasteiger partial charge >= 0.3 is 0 Å². The van der Waals surface area contributed by atoms with Crippen molar-refractivity contribution in [3.8, 4) is 29.4 Å². The van der Waals surface area contributed by atoms with Crippen molar-refractivity contribution in [1.82, 2.24) is 4.98 Å². The molecule has 0 unspecified atom stereocenters. The van der Waals surface area contributed by atoms with Crippen molar-refractivity contribution in [2.45, 2.75) is 39.2 Å². The second kappa shape index (κ2) is 9.28. The Kier molecular flexibility index (Phi) is 6.30. The summed E-state index contributed by atoms with van der Waals surface area (Å²) in [6, 6.07) is 13.4. The molecule has 5 heteroatoms. The Balaban J connectivity index is 1.70. The molecule has 0 N–H and O–H groups in total. The summed E-state index contributed by atoms with van der Waals surface area (Å²) in [6.07, 6.45) is 6.90. The van der Waals surface area contributed by atoms with E-state index in [4.69, 9.17) is 30.8 Å². The minimum atomic E-state index is 0.403. The number of halogens is 1. The van der Waals surface area contributed by atoms with E-state index in [-0.39, 0.29) is 0 Å². The summed E-state index contributed by atoms with van der Waals surface area (Å²) in [6.45, 7) is 2.52. The number of nitrogens with zero attached hydrogens (tertiary/aromatic N) is 1. The number of methoxy groups -OCH3 is 1. The molecular formula is C25H24ClNO3. The quantitative estimate of drug-likeness (QED) is 0.427. The summed E-state index contributed by atoms with van der Waals surface area (Å²) in [7, 11) is 1.65. The molecule has 0 bridgehead atoms. The molecule has 1 aromatic heterocycles. The third-order valence-electron chi connectivity index (χ3n) is 4.99. The van der Waals surface area contributed by atoms with E-state index in [2.05, 4.69) is 19.0 Å². The lowest BCUT2D eigenvalue weighted by atomic mass is 10.1. The van der Waals surface area contributed by atoms with E-state index in [0.29, 0.717) is 29.2 Å². The van der Waals surface area contributed by atoms with Gasteiger partial charge in [-0.3, -0.25) is 0 Å². The summed E-state index contributed by atoms with van der Waals surface area (Å²) >= 11 is 6.26. The molecular weight excluding hydrogens is 398 g/mol. The molecule has 0 amide bonds. The van der Waals surface area contributed by atoms with Gasteiger partial charge in [0, 0.05) is 16.3 Å². The SMILES string of the molecule is CCCc1c(OCc2ccc(OC)cc2)nc2ccc(Cl)cc2c1OC#CC1CC1. The Morgan fingerprint density at radius 2 is 1.93 bits per heavy atom. The van der Waals surface area contributed by atoms with Gasteiger partial charge in [0.1, 0.15) is 18.5 Å². The molecule has 2 aromatic carbocycles. The summed E-state index contributed by atoms with van der Waals surface area (Å²) in [5.41, 5.74) is 2.73. The Labute approximate surface area is 182 Å². The first-order chi connectivity index (χ1) is 14.7. The fraction of sp³-hybridized carbons (Fsp3) is 0.320. The predicted molar refractivity (Wildman–Crippen MR) is 119 cm³/mol. The van der Waals surface area contributed by atoms with Gasteiger partial charge in [0.2, 0.25) is 5.88 Å². The summed E-state index contributed by atoms with van der Waals surface area (Å²) in [5, 5.41) is 1.49. The Morgan fingerprint density at radius 1 is 1.13 bits per heavy atom. The number of hydrogen-bond donors (Lipinski definition) is 0. The maximum Gasteiger partial charge on any atom is 0.221 e. The van der Waals surface area contributed by atoms with Crippen LogP contribution in [-0.4, -0.2) is 12.1 Å². The lowest BCUT2D eigenvalue weighted by Crippen LogP contribution is -2.04. The topological polar surface area (TPSA) is 40.6 Å². The maximum atomic E-state index is 6.26. The lowest BCUT2D eigenvalue weighted by molar-refractivity contribution is 0.289. The lowest BCUT2D eigenvalue weighted by Gasteiger charge is -2.16. The molecule has 0 atom stereocenters. The maximum absolute atomic E-state index is 6.26. The summed E-state index contributed by atoms with van der Waals surface area (Å²) in [4.78, 5) is 4.77. The molecule has 3 aromatic rings. The van der Waals surface area contributed by atoms with Crippen LogP contribution in [0.25, 0.3) is 10.9 Å². The van der Waals surface area contributed by atoms with Crippen LogP contribution < -0.4 is 14.2 Å². The van der Waals surface area contributed by atoms with Crippen LogP contribution in [0.2, 0.25) is 5.02 Å². The van der Waals surface area contributed by atoms with Crippen molar-refractivity contribution in [3.63, 3.8) is 0 Å². The standard InChI is InChI=1S/C25H24ClNO3/c1-3-4-21-24(29-14-13-17-5-6-17)22-15-19(26)9-12-23(22)27-25(21)30-16-18-7-10-20(28-2)11-8-18/h7-12,15,17H,3-6,16H2,1-2H3. The zero-order chi connectivity index (χ0) is 20.9. The molecule has 4 nitrogen and oxygen atoms in total. The van der Waals surface area contributed by atoms with Crippen LogP contribution in [0, 0.1) is 17.9 Å². The molecule has 1 heterocycles. The highest BCUT2D eigenvalue weighted by atomic mass is 35.5. The first kappa shape index (κ1) is 20.4. The number of ether oxygens (including phenoxy) is 3. The van der Waals surface area contributed by atoms with Gasteiger partial charge in [-0.05, 0) is 55.2 Å². The minimum Gasteiger partial charge on any atom is -0.497 e. The minimum absolute atomic E-state index is 0.403. The van der Waals surface area contributed by atoms with E-state index in [0.717, 1.165) is 53.5 Å². The van der Waals surface area contributed by atoms with Crippen LogP contribution in [0.4, 0.5) is 0 Å². The second-order valence-electron chi connectivity index (χ2n) is 7.40. The van der Waals surface area contributed by atoms with E-state index >= 15 is 0 Å². The van der Waals surface area contributed by atoms with Crippen molar-refractivity contribution >= 4 is 22.5 Å². The number of hydrogen-bond acceptors (Lipinski definition) is 4. The summed E-state index contributed by atoms with van der Waals surface area (Å²) < 4.78 is 17.4. The number of rotatable bonds is 7. The number of aromatic nitrogens is 1. The molecule has 0 saturated heterocycles. The number of pyridine rings is 1. The normalized spacial score (nSPS) is 12.9. The van der Waals surface area contributed by atoms with Gasteiger partial charge in [-0.2, -0.15) is 0 Å². The molecule has 154 valence electrons. The van der Waals surface area contributed by atoms with E-state index in [1.54, 1.807) is 7.11 Å². The monoisotopic (exact) mass is 421 g/mol. The van der Waals surface area contributed by atoms with Gasteiger partial charge in [0.25, 0.3) is 0 Å². The average molecular weight is 422 g/mol. The van der Waals surface area contributed by atoms with E-state index in [9.17, 15) is 0 Å². The zero-order valence-corrected chi connectivity index (χ0v) is 18.0. The predicted octanol–water partition coefficient (Wildman–Crippen LogP) is 6.18. The molecule has 1 aliphatic carbocycles. The smallest absolute Gasteiger partial charge is 0.221 e. The molecule has 1 saturated carbocycles.